The number of nitrogens with one attached hydrogen (secondary N) is 1. The zero-order chi connectivity index (χ0) is 16.4. The second-order valence-electron chi connectivity index (χ2n) is 6.74. The molecule has 2 aliphatic rings. The molecule has 1 atom stereocenters. The van der Waals surface area contributed by atoms with Gasteiger partial charge in [0.05, 0.1) is 0 Å². The maximum absolute atomic E-state index is 13.1. The van der Waals surface area contributed by atoms with E-state index in [0.717, 1.165) is 31.2 Å². The number of hydrogen-bond acceptors (Lipinski definition) is 4. The van der Waals surface area contributed by atoms with E-state index in [9.17, 15) is 4.39 Å². The lowest BCUT2D eigenvalue weighted by Gasteiger charge is -2.32. The molecular formula is C19H25ClFN3S. The molecule has 6 heteroatoms. The topological polar surface area (TPSA) is 18.5 Å². The third-order valence-electron chi connectivity index (χ3n) is 5.09. The summed E-state index contributed by atoms with van der Waals surface area (Å²) in [5.74, 6) is -0.174. The summed E-state index contributed by atoms with van der Waals surface area (Å²) in [6.45, 7) is 8.04. The van der Waals surface area contributed by atoms with E-state index in [1.165, 1.54) is 54.5 Å². The molecule has 1 aromatic carbocycles. The average molecular weight is 382 g/mol. The van der Waals surface area contributed by atoms with Gasteiger partial charge in [0.15, 0.2) is 0 Å². The number of thiophene rings is 1. The fraction of sp³-hybridized carbons (Fsp3) is 0.474. The first-order valence-corrected chi connectivity index (χ1v) is 9.61. The zero-order valence-electron chi connectivity index (χ0n) is 14.3. The van der Waals surface area contributed by atoms with Gasteiger partial charge in [-0.1, -0.05) is 12.1 Å². The lowest BCUT2D eigenvalue weighted by Crippen LogP contribution is -2.49. The Morgan fingerprint density at radius 3 is 2.56 bits per heavy atom. The Bertz CT molecular complexity index is 670. The van der Waals surface area contributed by atoms with Crippen molar-refractivity contribution in [2.45, 2.75) is 19.0 Å². The monoisotopic (exact) mass is 381 g/mol. The van der Waals surface area contributed by atoms with Crippen molar-refractivity contribution in [1.82, 2.24) is 15.1 Å². The second kappa shape index (κ2) is 8.60. The molecule has 0 spiro atoms. The molecule has 3 heterocycles. The van der Waals surface area contributed by atoms with Crippen LogP contribution in [-0.2, 0) is 6.54 Å². The van der Waals surface area contributed by atoms with Gasteiger partial charge in [-0.05, 0) is 36.2 Å². The summed E-state index contributed by atoms with van der Waals surface area (Å²) in [5, 5.41) is 3.43. The van der Waals surface area contributed by atoms with Crippen molar-refractivity contribution in [3.05, 3.63) is 47.1 Å². The molecule has 1 unspecified atom stereocenters. The Hall–Kier alpha value is -0.980. The number of likely N-dealkylation sites (tertiary alicyclic amines) is 1. The lowest BCUT2D eigenvalue weighted by atomic mass is 10.2. The Morgan fingerprint density at radius 1 is 1.04 bits per heavy atom. The van der Waals surface area contributed by atoms with Crippen LogP contribution in [0.1, 0.15) is 11.3 Å². The fourth-order valence-corrected chi connectivity index (χ4v) is 4.81. The number of hydrogen-bond donors (Lipinski definition) is 1. The highest BCUT2D eigenvalue weighted by Crippen LogP contribution is 2.30. The smallest absolute Gasteiger partial charge is 0.123 e. The Morgan fingerprint density at radius 2 is 1.80 bits per heavy atom. The lowest BCUT2D eigenvalue weighted by molar-refractivity contribution is 0.170. The first kappa shape index (κ1) is 18.8. The number of halogens is 2. The standard InChI is InChI=1S/C19H24FN3S.ClH/c20-16-3-1-15(2-4-16)19-6-5-18(24-19)14-22-10-7-17(13-22)23-11-8-21-9-12-23;/h1-6,17,21H,7-14H2;1H. The van der Waals surface area contributed by atoms with Gasteiger partial charge in [0, 0.05) is 61.6 Å². The van der Waals surface area contributed by atoms with E-state index in [2.05, 4.69) is 27.2 Å². The van der Waals surface area contributed by atoms with Gasteiger partial charge in [-0.2, -0.15) is 0 Å². The average Bonchev–Trinajstić information content (AvgIpc) is 3.27. The summed E-state index contributed by atoms with van der Waals surface area (Å²) < 4.78 is 13.1. The molecule has 3 nitrogen and oxygen atoms in total. The van der Waals surface area contributed by atoms with Gasteiger partial charge in [0.1, 0.15) is 5.82 Å². The van der Waals surface area contributed by atoms with Crippen molar-refractivity contribution in [2.24, 2.45) is 0 Å². The molecule has 136 valence electrons. The largest absolute Gasteiger partial charge is 0.314 e. The molecule has 1 N–H and O–H groups in total. The molecule has 2 saturated heterocycles. The minimum absolute atomic E-state index is 0. The van der Waals surface area contributed by atoms with Gasteiger partial charge in [-0.3, -0.25) is 9.80 Å². The van der Waals surface area contributed by atoms with E-state index in [1.54, 1.807) is 0 Å². The van der Waals surface area contributed by atoms with Crippen LogP contribution in [0.15, 0.2) is 36.4 Å². The van der Waals surface area contributed by atoms with Crippen LogP contribution in [0.4, 0.5) is 4.39 Å². The predicted molar refractivity (Wildman–Crippen MR) is 105 cm³/mol. The summed E-state index contributed by atoms with van der Waals surface area (Å²) >= 11 is 1.83. The Labute approximate surface area is 159 Å². The van der Waals surface area contributed by atoms with Gasteiger partial charge < -0.3 is 5.32 Å². The highest BCUT2D eigenvalue weighted by atomic mass is 35.5. The summed E-state index contributed by atoms with van der Waals surface area (Å²) in [7, 11) is 0. The molecule has 0 bridgehead atoms. The molecule has 0 aliphatic carbocycles. The molecule has 0 radical (unpaired) electrons. The van der Waals surface area contributed by atoms with Crippen molar-refractivity contribution >= 4 is 23.7 Å². The molecule has 2 aliphatic heterocycles. The molecule has 2 fully saturated rings. The van der Waals surface area contributed by atoms with Crippen LogP contribution in [0.25, 0.3) is 10.4 Å². The van der Waals surface area contributed by atoms with Gasteiger partial charge in [-0.15, -0.1) is 23.7 Å². The second-order valence-corrected chi connectivity index (χ2v) is 7.90. The van der Waals surface area contributed by atoms with E-state index in [0.29, 0.717) is 0 Å². The van der Waals surface area contributed by atoms with Crippen molar-refractivity contribution < 1.29 is 4.39 Å². The minimum Gasteiger partial charge on any atom is -0.314 e. The van der Waals surface area contributed by atoms with E-state index < -0.39 is 0 Å². The predicted octanol–water partition coefficient (Wildman–Crippen LogP) is 3.46. The van der Waals surface area contributed by atoms with Crippen LogP contribution in [0.2, 0.25) is 0 Å². The first-order valence-electron chi connectivity index (χ1n) is 8.80. The number of benzene rings is 1. The van der Waals surface area contributed by atoms with Crippen LogP contribution < -0.4 is 5.32 Å². The number of nitrogens with zero attached hydrogens (tertiary/aromatic N) is 2. The van der Waals surface area contributed by atoms with Gasteiger partial charge >= 0.3 is 0 Å². The molecule has 0 amide bonds. The summed E-state index contributed by atoms with van der Waals surface area (Å²) in [6.07, 6.45) is 1.29. The minimum atomic E-state index is -0.174. The van der Waals surface area contributed by atoms with Crippen molar-refractivity contribution in [3.8, 4) is 10.4 Å². The molecule has 1 aromatic heterocycles. The third kappa shape index (κ3) is 4.60. The molecule has 4 rings (SSSR count). The number of rotatable bonds is 4. The van der Waals surface area contributed by atoms with Gasteiger partial charge in [0.2, 0.25) is 0 Å². The van der Waals surface area contributed by atoms with E-state index >= 15 is 0 Å². The van der Waals surface area contributed by atoms with Crippen molar-refractivity contribution in [2.75, 3.05) is 39.3 Å². The van der Waals surface area contributed by atoms with Gasteiger partial charge in [-0.25, -0.2) is 4.39 Å². The molecule has 0 saturated carbocycles. The third-order valence-corrected chi connectivity index (χ3v) is 6.20. The quantitative estimate of drug-likeness (QED) is 0.875. The van der Waals surface area contributed by atoms with E-state index in [1.807, 2.05) is 23.5 Å². The molecule has 2 aromatic rings. The SMILES string of the molecule is Cl.Fc1ccc(-c2ccc(CN3CCC(N4CCNCC4)C3)s2)cc1. The summed E-state index contributed by atoms with van der Waals surface area (Å²) in [4.78, 5) is 7.85. The highest BCUT2D eigenvalue weighted by molar-refractivity contribution is 7.15. The van der Waals surface area contributed by atoms with Crippen molar-refractivity contribution in [1.29, 1.82) is 0 Å². The van der Waals surface area contributed by atoms with Crippen LogP contribution in [0.5, 0.6) is 0 Å². The zero-order valence-corrected chi connectivity index (χ0v) is 15.9. The highest BCUT2D eigenvalue weighted by Gasteiger charge is 2.28. The maximum atomic E-state index is 13.1. The normalized spacial score (nSPS) is 22.0. The van der Waals surface area contributed by atoms with Gasteiger partial charge in [0.25, 0.3) is 0 Å². The van der Waals surface area contributed by atoms with Crippen LogP contribution in [0.3, 0.4) is 0 Å². The summed E-state index contributed by atoms with van der Waals surface area (Å²) in [6, 6.07) is 11.9. The number of piperazine rings is 1. The Kier molecular flexibility index (Phi) is 6.47. The Balaban J connectivity index is 0.00000182. The van der Waals surface area contributed by atoms with Crippen molar-refractivity contribution in [3.63, 3.8) is 0 Å². The van der Waals surface area contributed by atoms with Crippen LogP contribution >= 0.6 is 23.7 Å². The first-order chi connectivity index (χ1) is 11.8. The van der Waals surface area contributed by atoms with E-state index in [-0.39, 0.29) is 18.2 Å². The summed E-state index contributed by atoms with van der Waals surface area (Å²) in [5.41, 5.74) is 1.10. The molecule has 25 heavy (non-hydrogen) atoms. The molecular weight excluding hydrogens is 357 g/mol. The van der Waals surface area contributed by atoms with E-state index in [4.69, 9.17) is 0 Å². The fourth-order valence-electron chi connectivity index (χ4n) is 3.75. The van der Waals surface area contributed by atoms with Crippen LogP contribution in [0, 0.1) is 5.82 Å². The van der Waals surface area contributed by atoms with Crippen LogP contribution in [-0.4, -0.2) is 55.1 Å². The maximum Gasteiger partial charge on any atom is 0.123 e.